The average molecular weight is 554 g/mol. The molecule has 1 aromatic heterocycles. The number of carbonyl (C=O) groups excluding carboxylic acids is 2. The minimum atomic E-state index is -0.288. The first-order valence-electron chi connectivity index (χ1n) is 13.5. The summed E-state index contributed by atoms with van der Waals surface area (Å²) in [6.07, 6.45) is 6.50. The second kappa shape index (κ2) is 14.1. The van der Waals surface area contributed by atoms with Crippen LogP contribution in [-0.4, -0.2) is 48.0 Å². The van der Waals surface area contributed by atoms with E-state index in [0.717, 1.165) is 63.8 Å². The van der Waals surface area contributed by atoms with Crippen molar-refractivity contribution in [2.24, 2.45) is 0 Å². The summed E-state index contributed by atoms with van der Waals surface area (Å²) >= 11 is 5.91. The number of aromatic hydroxyl groups is 1. The van der Waals surface area contributed by atoms with Crippen LogP contribution < -0.4 is 15.4 Å². The molecule has 4 rings (SSSR count). The molecule has 208 valence electrons. The van der Waals surface area contributed by atoms with E-state index in [1.54, 1.807) is 18.2 Å². The number of hydrogen-bond acceptors (Lipinski definition) is 6. The molecule has 3 N–H and O–H groups in total. The summed E-state index contributed by atoms with van der Waals surface area (Å²) in [4.78, 5) is 26.2. The fourth-order valence-electron chi connectivity index (χ4n) is 4.89. The van der Waals surface area contributed by atoms with Crippen LogP contribution in [-0.2, 0) is 4.79 Å². The van der Waals surface area contributed by atoms with Crippen molar-refractivity contribution < 1.29 is 23.8 Å². The molecule has 8 nitrogen and oxygen atoms in total. The fourth-order valence-corrected chi connectivity index (χ4v) is 5.11. The van der Waals surface area contributed by atoms with Crippen molar-refractivity contribution in [3.05, 3.63) is 70.9 Å². The molecule has 2 heterocycles. The molecule has 1 saturated heterocycles. The number of phenols is 1. The van der Waals surface area contributed by atoms with E-state index in [4.69, 9.17) is 20.8 Å². The molecule has 2 aromatic carbocycles. The third-order valence-electron chi connectivity index (χ3n) is 6.83. The maximum Gasteiger partial charge on any atom is 0.290 e. The Labute approximate surface area is 234 Å². The average Bonchev–Trinajstić information content (AvgIpc) is 3.36. The Bertz CT molecular complexity index is 1230. The zero-order valence-electron chi connectivity index (χ0n) is 22.2. The number of hydrogen-bond donors (Lipinski definition) is 3. The molecule has 1 fully saturated rings. The van der Waals surface area contributed by atoms with Gasteiger partial charge in [-0.3, -0.25) is 9.59 Å². The number of phenolic OH excluding ortho intramolecular Hbond substituents is 1. The number of piperidine rings is 1. The maximum atomic E-state index is 12.4. The molecule has 3 aromatic rings. The number of likely N-dealkylation sites (tertiary alicyclic amines) is 1. The zero-order valence-corrected chi connectivity index (χ0v) is 23.0. The number of rotatable bonds is 12. The van der Waals surface area contributed by atoms with Crippen LogP contribution in [0, 0.1) is 0 Å². The van der Waals surface area contributed by atoms with Crippen LogP contribution in [0.25, 0.3) is 0 Å². The van der Waals surface area contributed by atoms with Crippen molar-refractivity contribution in [2.45, 2.75) is 51.4 Å². The second-order valence-corrected chi connectivity index (χ2v) is 10.4. The highest BCUT2D eigenvalue weighted by molar-refractivity contribution is 6.30. The number of halogens is 1. The first-order chi connectivity index (χ1) is 18.9. The molecule has 0 saturated carbocycles. The van der Waals surface area contributed by atoms with Crippen molar-refractivity contribution in [2.75, 3.05) is 31.5 Å². The highest BCUT2D eigenvalue weighted by Crippen LogP contribution is 2.31. The van der Waals surface area contributed by atoms with Gasteiger partial charge in [-0.1, -0.05) is 36.6 Å². The van der Waals surface area contributed by atoms with E-state index in [-0.39, 0.29) is 29.3 Å². The van der Waals surface area contributed by atoms with Gasteiger partial charge >= 0.3 is 0 Å². The van der Waals surface area contributed by atoms with Gasteiger partial charge in [0.2, 0.25) is 5.91 Å². The van der Waals surface area contributed by atoms with Crippen molar-refractivity contribution >= 4 is 29.1 Å². The van der Waals surface area contributed by atoms with Gasteiger partial charge in [0.05, 0.1) is 0 Å². The van der Waals surface area contributed by atoms with E-state index >= 15 is 0 Å². The van der Waals surface area contributed by atoms with Crippen LogP contribution in [0.5, 0.6) is 17.4 Å². The SMILES string of the molecule is CC(=O)Nc1cccc(C2CCN(CCCCCCNC(=O)c3ccc(Oc4cc(O)cc(Cl)c4)o3)CC2)c1. The third-order valence-corrected chi connectivity index (χ3v) is 7.05. The largest absolute Gasteiger partial charge is 0.508 e. The van der Waals surface area contributed by atoms with Gasteiger partial charge in [0.25, 0.3) is 11.9 Å². The number of ether oxygens (including phenoxy) is 1. The molecule has 0 unspecified atom stereocenters. The molecule has 1 aliphatic heterocycles. The second-order valence-electron chi connectivity index (χ2n) is 9.96. The van der Waals surface area contributed by atoms with Gasteiger partial charge in [-0.2, -0.15) is 0 Å². The molecule has 39 heavy (non-hydrogen) atoms. The first-order valence-corrected chi connectivity index (χ1v) is 13.9. The smallest absolute Gasteiger partial charge is 0.290 e. The number of nitrogens with one attached hydrogen (secondary N) is 2. The number of nitrogens with zero attached hydrogens (tertiary/aromatic N) is 1. The van der Waals surface area contributed by atoms with Crippen LogP contribution in [0.2, 0.25) is 5.02 Å². The molecule has 0 atom stereocenters. The Kier molecular flexibility index (Phi) is 10.3. The van der Waals surface area contributed by atoms with E-state index in [0.29, 0.717) is 23.2 Å². The standard InChI is InChI=1S/C30H36ClN3O5/c1-21(35)33-25-8-6-7-23(17-25)22-11-15-34(16-12-22)14-5-3-2-4-13-32-30(37)28-9-10-29(39-28)38-27-19-24(31)18-26(36)20-27/h6-10,17-20,22,36H,2-5,11-16H2,1H3,(H,32,37)(H,33,35). The molecule has 9 heteroatoms. The van der Waals surface area contributed by atoms with Crippen LogP contribution in [0.3, 0.4) is 0 Å². The summed E-state index contributed by atoms with van der Waals surface area (Å²) in [6.45, 7) is 5.41. The Morgan fingerprint density at radius 1 is 1.05 bits per heavy atom. The predicted molar refractivity (Wildman–Crippen MR) is 152 cm³/mol. The number of furan rings is 1. The minimum Gasteiger partial charge on any atom is -0.508 e. The minimum absolute atomic E-state index is 0.0195. The number of benzene rings is 2. The molecule has 0 aliphatic carbocycles. The molecule has 1 aliphatic rings. The van der Waals surface area contributed by atoms with Gasteiger partial charge in [-0.25, -0.2) is 0 Å². The molecule has 2 amide bonds. The van der Waals surface area contributed by atoms with Crippen LogP contribution in [0.15, 0.2) is 59.0 Å². The Hall–Kier alpha value is -3.49. The fraction of sp³-hybridized carbons (Fsp3) is 0.400. The van der Waals surface area contributed by atoms with E-state index in [2.05, 4.69) is 27.7 Å². The summed E-state index contributed by atoms with van der Waals surface area (Å²) < 4.78 is 11.0. The Morgan fingerprint density at radius 3 is 2.62 bits per heavy atom. The number of unbranched alkanes of at least 4 members (excludes halogenated alkanes) is 3. The summed E-state index contributed by atoms with van der Waals surface area (Å²) in [5, 5.41) is 15.7. The lowest BCUT2D eigenvalue weighted by Crippen LogP contribution is -2.33. The topological polar surface area (TPSA) is 104 Å². The van der Waals surface area contributed by atoms with E-state index < -0.39 is 0 Å². The van der Waals surface area contributed by atoms with Gasteiger partial charge < -0.3 is 29.8 Å². The molecular formula is C30H36ClN3O5. The van der Waals surface area contributed by atoms with Crippen LogP contribution >= 0.6 is 11.6 Å². The number of amides is 2. The van der Waals surface area contributed by atoms with Gasteiger partial charge in [0.15, 0.2) is 5.76 Å². The molecular weight excluding hydrogens is 518 g/mol. The summed E-state index contributed by atoms with van der Waals surface area (Å²) in [5.41, 5.74) is 2.18. The lowest BCUT2D eigenvalue weighted by molar-refractivity contribution is -0.114. The van der Waals surface area contributed by atoms with Gasteiger partial charge in [-0.15, -0.1) is 0 Å². The Balaban J connectivity index is 1.07. The van der Waals surface area contributed by atoms with Gasteiger partial charge in [-0.05, 0) is 87.1 Å². The lowest BCUT2D eigenvalue weighted by atomic mass is 9.89. The predicted octanol–water partition coefficient (Wildman–Crippen LogP) is 6.56. The van der Waals surface area contributed by atoms with Crippen molar-refractivity contribution in [1.82, 2.24) is 10.2 Å². The first kappa shape index (κ1) is 28.5. The molecule has 0 radical (unpaired) electrons. The van der Waals surface area contributed by atoms with Crippen molar-refractivity contribution in [3.63, 3.8) is 0 Å². The van der Waals surface area contributed by atoms with E-state index in [1.165, 1.54) is 24.6 Å². The third kappa shape index (κ3) is 9.04. The monoisotopic (exact) mass is 553 g/mol. The quantitative estimate of drug-likeness (QED) is 0.219. The highest BCUT2D eigenvalue weighted by atomic mass is 35.5. The Morgan fingerprint density at radius 2 is 1.85 bits per heavy atom. The summed E-state index contributed by atoms with van der Waals surface area (Å²) in [5.74, 6) is 0.823. The summed E-state index contributed by atoms with van der Waals surface area (Å²) in [7, 11) is 0. The van der Waals surface area contributed by atoms with Crippen molar-refractivity contribution in [1.29, 1.82) is 0 Å². The molecule has 0 bridgehead atoms. The maximum absolute atomic E-state index is 12.4. The van der Waals surface area contributed by atoms with Crippen molar-refractivity contribution in [3.8, 4) is 17.4 Å². The van der Waals surface area contributed by atoms with Gasteiger partial charge in [0, 0.05) is 36.3 Å². The zero-order chi connectivity index (χ0) is 27.6. The number of carbonyl (C=O) groups is 2. The van der Waals surface area contributed by atoms with Gasteiger partial charge in [0.1, 0.15) is 11.5 Å². The summed E-state index contributed by atoms with van der Waals surface area (Å²) in [6, 6.07) is 15.7. The van der Waals surface area contributed by atoms with E-state index in [9.17, 15) is 14.7 Å². The number of anilines is 1. The lowest BCUT2D eigenvalue weighted by Gasteiger charge is -2.32. The van der Waals surface area contributed by atoms with Crippen LogP contribution in [0.4, 0.5) is 5.69 Å². The van der Waals surface area contributed by atoms with Crippen LogP contribution in [0.1, 0.15) is 67.5 Å². The molecule has 0 spiro atoms. The highest BCUT2D eigenvalue weighted by Gasteiger charge is 2.20. The normalized spacial score (nSPS) is 14.2. The van der Waals surface area contributed by atoms with E-state index in [1.807, 2.05) is 12.1 Å².